The van der Waals surface area contributed by atoms with Crippen LogP contribution in [0.2, 0.25) is 0 Å². The van der Waals surface area contributed by atoms with Gasteiger partial charge in [-0.15, -0.1) is 0 Å². The Labute approximate surface area is 75.4 Å². The van der Waals surface area contributed by atoms with Crippen LogP contribution in [0.4, 0.5) is 10.1 Å². The number of anilines is 1. The largest absolute Gasteiger partial charge is 0.387 e. The summed E-state index contributed by atoms with van der Waals surface area (Å²) in [5.74, 6) is -0.241. The van der Waals surface area contributed by atoms with Crippen molar-refractivity contribution in [1.82, 2.24) is 4.98 Å². The fraction of sp³-hybridized carbons (Fsp3) is 0.100. The van der Waals surface area contributed by atoms with Crippen LogP contribution in [0, 0.1) is 5.82 Å². The zero-order valence-electron chi connectivity index (χ0n) is 7.21. The van der Waals surface area contributed by atoms with Gasteiger partial charge in [0.2, 0.25) is 0 Å². The van der Waals surface area contributed by atoms with Crippen molar-refractivity contribution in [3.05, 3.63) is 36.3 Å². The van der Waals surface area contributed by atoms with Crippen LogP contribution in [0.1, 0.15) is 0 Å². The van der Waals surface area contributed by atoms with E-state index in [4.69, 9.17) is 0 Å². The summed E-state index contributed by atoms with van der Waals surface area (Å²) in [5, 5.41) is 3.48. The average Bonchev–Trinajstić information content (AvgIpc) is 2.17. The normalized spacial score (nSPS) is 10.3. The third kappa shape index (κ3) is 1.22. The van der Waals surface area contributed by atoms with E-state index in [0.717, 1.165) is 5.69 Å². The molecule has 0 aliphatic heterocycles. The van der Waals surface area contributed by atoms with E-state index in [1.807, 2.05) is 0 Å². The van der Waals surface area contributed by atoms with Gasteiger partial charge in [0.05, 0.1) is 10.9 Å². The van der Waals surface area contributed by atoms with Crippen LogP contribution >= 0.6 is 0 Å². The molecule has 0 amide bonds. The van der Waals surface area contributed by atoms with Crippen LogP contribution < -0.4 is 5.32 Å². The summed E-state index contributed by atoms with van der Waals surface area (Å²) in [6, 6.07) is 6.64. The second kappa shape index (κ2) is 3.01. The lowest BCUT2D eigenvalue weighted by Gasteiger charge is -2.04. The molecule has 1 aromatic carbocycles. The Bertz CT molecular complexity index is 435. The number of fused-ring (bicyclic) bond motifs is 1. The van der Waals surface area contributed by atoms with E-state index in [2.05, 4.69) is 10.3 Å². The van der Waals surface area contributed by atoms with E-state index in [9.17, 15) is 4.39 Å². The van der Waals surface area contributed by atoms with Gasteiger partial charge in [0.15, 0.2) is 0 Å². The van der Waals surface area contributed by atoms with Crippen LogP contribution in [0.15, 0.2) is 30.5 Å². The van der Waals surface area contributed by atoms with Crippen molar-refractivity contribution in [2.45, 2.75) is 0 Å². The molecule has 0 unspecified atom stereocenters. The van der Waals surface area contributed by atoms with Crippen LogP contribution in [-0.4, -0.2) is 12.0 Å². The lowest BCUT2D eigenvalue weighted by atomic mass is 10.2. The maximum atomic E-state index is 13.4. The summed E-state index contributed by atoms with van der Waals surface area (Å²) in [5.41, 5.74) is 1.44. The van der Waals surface area contributed by atoms with Gasteiger partial charge in [0, 0.05) is 18.9 Å². The first kappa shape index (κ1) is 7.98. The second-order valence-electron chi connectivity index (χ2n) is 2.74. The molecular formula is C10H9FN2. The molecule has 2 aromatic rings. The summed E-state index contributed by atoms with van der Waals surface area (Å²) in [6.07, 6.45) is 1.66. The molecule has 0 radical (unpaired) electrons. The molecule has 1 aromatic heterocycles. The number of hydrogen-bond donors (Lipinski definition) is 1. The molecule has 0 bridgehead atoms. The Morgan fingerprint density at radius 3 is 2.92 bits per heavy atom. The molecule has 1 N–H and O–H groups in total. The van der Waals surface area contributed by atoms with Gasteiger partial charge in [-0.1, -0.05) is 6.07 Å². The summed E-state index contributed by atoms with van der Waals surface area (Å²) in [6.45, 7) is 0. The number of benzene rings is 1. The number of rotatable bonds is 1. The maximum absolute atomic E-state index is 13.4. The number of aromatic nitrogens is 1. The topological polar surface area (TPSA) is 24.9 Å². The van der Waals surface area contributed by atoms with Crippen LogP contribution in [0.5, 0.6) is 0 Å². The highest BCUT2D eigenvalue weighted by molar-refractivity contribution is 5.91. The standard InChI is InChI=1S/C10H9FN2/c1-12-8-5-6-13-9-4-2-3-7(11)10(8)9/h2-6H,1H3,(H,12,13). The highest BCUT2D eigenvalue weighted by Gasteiger charge is 2.04. The minimum Gasteiger partial charge on any atom is -0.387 e. The number of hydrogen-bond acceptors (Lipinski definition) is 2. The fourth-order valence-electron chi connectivity index (χ4n) is 1.37. The highest BCUT2D eigenvalue weighted by Crippen LogP contribution is 2.23. The number of nitrogens with zero attached hydrogens (tertiary/aromatic N) is 1. The second-order valence-corrected chi connectivity index (χ2v) is 2.74. The molecule has 66 valence electrons. The zero-order valence-corrected chi connectivity index (χ0v) is 7.21. The van der Waals surface area contributed by atoms with Gasteiger partial charge >= 0.3 is 0 Å². The van der Waals surface area contributed by atoms with Crippen molar-refractivity contribution in [3.8, 4) is 0 Å². The Morgan fingerprint density at radius 1 is 1.31 bits per heavy atom. The molecule has 0 spiro atoms. The van der Waals surface area contributed by atoms with Gasteiger partial charge in [-0.3, -0.25) is 4.98 Å². The van der Waals surface area contributed by atoms with Crippen molar-refractivity contribution in [3.63, 3.8) is 0 Å². The third-order valence-corrected chi connectivity index (χ3v) is 1.99. The smallest absolute Gasteiger partial charge is 0.134 e. The Balaban J connectivity index is 2.87. The average molecular weight is 176 g/mol. The van der Waals surface area contributed by atoms with Crippen molar-refractivity contribution in [2.75, 3.05) is 12.4 Å². The van der Waals surface area contributed by atoms with E-state index in [0.29, 0.717) is 10.9 Å². The fourth-order valence-corrected chi connectivity index (χ4v) is 1.37. The zero-order chi connectivity index (χ0) is 9.26. The van der Waals surface area contributed by atoms with Crippen LogP contribution in [0.25, 0.3) is 10.9 Å². The first-order valence-electron chi connectivity index (χ1n) is 4.04. The van der Waals surface area contributed by atoms with Gasteiger partial charge in [-0.2, -0.15) is 0 Å². The molecular weight excluding hydrogens is 167 g/mol. The molecule has 0 saturated carbocycles. The van der Waals surface area contributed by atoms with Crippen LogP contribution in [-0.2, 0) is 0 Å². The minimum atomic E-state index is -0.241. The van der Waals surface area contributed by atoms with Crippen molar-refractivity contribution in [1.29, 1.82) is 0 Å². The van der Waals surface area contributed by atoms with Crippen molar-refractivity contribution in [2.24, 2.45) is 0 Å². The predicted octanol–water partition coefficient (Wildman–Crippen LogP) is 2.42. The molecule has 13 heavy (non-hydrogen) atoms. The maximum Gasteiger partial charge on any atom is 0.134 e. The summed E-state index contributed by atoms with van der Waals surface area (Å²) < 4.78 is 13.4. The molecule has 0 aliphatic carbocycles. The van der Waals surface area contributed by atoms with Gasteiger partial charge in [-0.25, -0.2) is 4.39 Å². The first-order chi connectivity index (χ1) is 6.33. The number of halogens is 1. The predicted molar refractivity (Wildman–Crippen MR) is 51.2 cm³/mol. The molecule has 0 aliphatic rings. The van der Waals surface area contributed by atoms with Gasteiger partial charge in [-0.05, 0) is 18.2 Å². The van der Waals surface area contributed by atoms with E-state index in [1.54, 1.807) is 31.4 Å². The molecule has 2 rings (SSSR count). The summed E-state index contributed by atoms with van der Waals surface area (Å²) in [4.78, 5) is 4.07. The van der Waals surface area contributed by atoms with Gasteiger partial charge in [0.25, 0.3) is 0 Å². The van der Waals surface area contributed by atoms with Crippen molar-refractivity contribution >= 4 is 16.6 Å². The first-order valence-corrected chi connectivity index (χ1v) is 4.04. The van der Waals surface area contributed by atoms with Gasteiger partial charge < -0.3 is 5.32 Å². The summed E-state index contributed by atoms with van der Waals surface area (Å²) in [7, 11) is 1.77. The molecule has 1 heterocycles. The van der Waals surface area contributed by atoms with E-state index >= 15 is 0 Å². The molecule has 0 saturated heterocycles. The van der Waals surface area contributed by atoms with Gasteiger partial charge in [0.1, 0.15) is 5.82 Å². The third-order valence-electron chi connectivity index (χ3n) is 1.99. The molecule has 0 atom stereocenters. The lowest BCUT2D eigenvalue weighted by molar-refractivity contribution is 0.640. The van der Waals surface area contributed by atoms with E-state index in [-0.39, 0.29) is 5.82 Å². The summed E-state index contributed by atoms with van der Waals surface area (Å²) >= 11 is 0. The SMILES string of the molecule is CNc1ccnc2cccc(F)c12. The Kier molecular flexibility index (Phi) is 1.85. The van der Waals surface area contributed by atoms with Crippen LogP contribution in [0.3, 0.4) is 0 Å². The van der Waals surface area contributed by atoms with E-state index in [1.165, 1.54) is 6.07 Å². The van der Waals surface area contributed by atoms with Crippen molar-refractivity contribution < 1.29 is 4.39 Å². The molecule has 3 heteroatoms. The Morgan fingerprint density at radius 2 is 2.15 bits per heavy atom. The quantitative estimate of drug-likeness (QED) is 0.721. The van der Waals surface area contributed by atoms with E-state index < -0.39 is 0 Å². The Hall–Kier alpha value is -1.64. The number of nitrogens with one attached hydrogen (secondary N) is 1. The highest BCUT2D eigenvalue weighted by atomic mass is 19.1. The molecule has 0 fully saturated rings. The monoisotopic (exact) mass is 176 g/mol. The minimum absolute atomic E-state index is 0.241. The number of pyridine rings is 1. The lowest BCUT2D eigenvalue weighted by Crippen LogP contribution is -1.92. The molecule has 2 nitrogen and oxygen atoms in total.